The van der Waals surface area contributed by atoms with Crippen LogP contribution < -0.4 is 42.2 Å². The number of halogens is 3. The SMILES string of the molecule is COc1ccc(Nc2c(F)c(N3CCC(C(O)CO)CC3)c(OC(F)F)c3c2c(=O)[nH]c(=O)n3C2CC2)c2c(=O)[nH]c(=O)[nH]c12. The van der Waals surface area contributed by atoms with Gasteiger partial charge in [0.2, 0.25) is 0 Å². The van der Waals surface area contributed by atoms with E-state index in [0.29, 0.717) is 12.8 Å². The van der Waals surface area contributed by atoms with Crippen LogP contribution in [0.3, 0.4) is 0 Å². The van der Waals surface area contributed by atoms with Crippen LogP contribution >= 0.6 is 0 Å². The average Bonchev–Trinajstić information content (AvgIpc) is 3.83. The van der Waals surface area contributed by atoms with Crippen LogP contribution in [-0.4, -0.2) is 69.3 Å². The van der Waals surface area contributed by atoms with Gasteiger partial charge in [0.25, 0.3) is 11.1 Å². The number of hydrogen-bond donors (Lipinski definition) is 6. The van der Waals surface area contributed by atoms with Crippen molar-refractivity contribution in [1.82, 2.24) is 19.5 Å². The molecule has 4 aromatic rings. The highest BCUT2D eigenvalue weighted by Crippen LogP contribution is 2.48. The minimum atomic E-state index is -3.46. The number of aromatic nitrogens is 4. The third kappa shape index (κ3) is 5.31. The Morgan fingerprint density at radius 2 is 1.71 bits per heavy atom. The Morgan fingerprint density at radius 3 is 2.33 bits per heavy atom. The normalized spacial score (nSPS) is 16.5. The van der Waals surface area contributed by atoms with Crippen molar-refractivity contribution in [3.05, 3.63) is 59.6 Å². The molecular formula is C28H29F3N6O8. The molecule has 0 amide bonds. The lowest BCUT2D eigenvalue weighted by Crippen LogP contribution is -2.40. The Kier molecular flexibility index (Phi) is 7.82. The predicted octanol–water partition coefficient (Wildman–Crippen LogP) is 1.62. The van der Waals surface area contributed by atoms with E-state index in [0.717, 1.165) is 4.57 Å². The Hall–Kier alpha value is -4.77. The maximum Gasteiger partial charge on any atom is 0.387 e. The molecule has 6 N–H and O–H groups in total. The first-order chi connectivity index (χ1) is 21.5. The highest BCUT2D eigenvalue weighted by molar-refractivity contribution is 6.04. The van der Waals surface area contributed by atoms with Gasteiger partial charge in [-0.2, -0.15) is 8.78 Å². The van der Waals surface area contributed by atoms with Crippen molar-refractivity contribution in [2.45, 2.75) is 44.4 Å². The summed E-state index contributed by atoms with van der Waals surface area (Å²) in [7, 11) is 1.31. The second kappa shape index (κ2) is 11.6. The largest absolute Gasteiger partial charge is 0.495 e. The minimum absolute atomic E-state index is 0.0350. The standard InChI is InChI=1S/C28H29F3N6O8/c1-44-15-5-4-13(16-19(15)33-27(42)34-24(16)40)32-20-17-21(37(12-2-3-12)28(43)35-25(17)41)23(45-26(30)31)22(18(20)29)36-8-6-11(7-9-36)14(39)10-38/h4-5,11-12,14,26,32,38-39H,2-3,6-10H2,1H3,(H,35,41,43)(H2,33,34,40,42). The molecule has 0 bridgehead atoms. The number of aromatic amines is 3. The van der Waals surface area contributed by atoms with Gasteiger partial charge >= 0.3 is 18.0 Å². The number of ether oxygens (including phenoxy) is 2. The van der Waals surface area contributed by atoms with Crippen LogP contribution in [0.2, 0.25) is 0 Å². The average molecular weight is 635 g/mol. The predicted molar refractivity (Wildman–Crippen MR) is 157 cm³/mol. The summed E-state index contributed by atoms with van der Waals surface area (Å²) in [6.45, 7) is -3.85. The van der Waals surface area contributed by atoms with Crippen LogP contribution in [0, 0.1) is 11.7 Å². The summed E-state index contributed by atoms with van der Waals surface area (Å²) in [6, 6.07) is 2.25. The fourth-order valence-electron chi connectivity index (χ4n) is 6.05. The number of fused-ring (bicyclic) bond motifs is 2. The highest BCUT2D eigenvalue weighted by atomic mass is 19.3. The number of aliphatic hydroxyl groups is 2. The van der Waals surface area contributed by atoms with Crippen LogP contribution in [0.4, 0.5) is 30.2 Å². The van der Waals surface area contributed by atoms with Crippen molar-refractivity contribution in [3.8, 4) is 11.5 Å². The molecule has 1 atom stereocenters. The Morgan fingerprint density at radius 1 is 1.02 bits per heavy atom. The molecule has 3 heterocycles. The highest BCUT2D eigenvalue weighted by Gasteiger charge is 2.36. The van der Waals surface area contributed by atoms with E-state index in [1.165, 1.54) is 24.1 Å². The zero-order chi connectivity index (χ0) is 32.2. The van der Waals surface area contributed by atoms with Crippen molar-refractivity contribution in [1.29, 1.82) is 0 Å². The van der Waals surface area contributed by atoms with E-state index >= 15 is 4.39 Å². The Balaban J connectivity index is 1.65. The molecular weight excluding hydrogens is 605 g/mol. The number of nitrogens with zero attached hydrogens (tertiary/aromatic N) is 2. The van der Waals surface area contributed by atoms with Gasteiger partial charge in [0, 0.05) is 19.1 Å². The molecule has 1 unspecified atom stereocenters. The molecule has 240 valence electrons. The summed E-state index contributed by atoms with van der Waals surface area (Å²) < 4.78 is 56.1. The topological polar surface area (TPSA) is 195 Å². The Labute approximate surface area is 250 Å². The number of alkyl halides is 2. The number of aliphatic hydroxyl groups excluding tert-OH is 2. The molecule has 14 nitrogen and oxygen atoms in total. The van der Waals surface area contributed by atoms with Crippen molar-refractivity contribution < 1.29 is 32.9 Å². The fraction of sp³-hybridized carbons (Fsp3) is 0.429. The van der Waals surface area contributed by atoms with E-state index in [-0.39, 0.29) is 59.7 Å². The van der Waals surface area contributed by atoms with Crippen LogP contribution in [0.1, 0.15) is 31.7 Å². The number of H-pyrrole nitrogens is 3. The van der Waals surface area contributed by atoms with Crippen LogP contribution in [-0.2, 0) is 0 Å². The molecule has 45 heavy (non-hydrogen) atoms. The van der Waals surface area contributed by atoms with Crippen molar-refractivity contribution in [3.63, 3.8) is 0 Å². The van der Waals surface area contributed by atoms with Crippen LogP contribution in [0.15, 0.2) is 31.3 Å². The van der Waals surface area contributed by atoms with E-state index in [1.807, 2.05) is 0 Å². The molecule has 2 fully saturated rings. The summed E-state index contributed by atoms with van der Waals surface area (Å²) in [6.07, 6.45) is 0.454. The molecule has 1 aliphatic carbocycles. The van der Waals surface area contributed by atoms with Gasteiger partial charge in [0.05, 0.1) is 47.5 Å². The summed E-state index contributed by atoms with van der Waals surface area (Å²) in [5.41, 5.74) is -5.16. The molecule has 0 spiro atoms. The van der Waals surface area contributed by atoms with E-state index in [4.69, 9.17) is 9.47 Å². The molecule has 1 saturated carbocycles. The second-order valence-corrected chi connectivity index (χ2v) is 11.0. The molecule has 17 heteroatoms. The smallest absolute Gasteiger partial charge is 0.387 e. The zero-order valence-electron chi connectivity index (χ0n) is 23.8. The summed E-state index contributed by atoms with van der Waals surface area (Å²) in [5.74, 6) is -2.13. The van der Waals surface area contributed by atoms with Gasteiger partial charge in [0.15, 0.2) is 11.6 Å². The van der Waals surface area contributed by atoms with Gasteiger partial charge in [-0.15, -0.1) is 0 Å². The minimum Gasteiger partial charge on any atom is -0.495 e. The molecule has 1 saturated heterocycles. The van der Waals surface area contributed by atoms with E-state index in [9.17, 15) is 38.2 Å². The van der Waals surface area contributed by atoms with Crippen molar-refractivity contribution in [2.24, 2.45) is 5.92 Å². The third-order valence-electron chi connectivity index (χ3n) is 8.30. The van der Waals surface area contributed by atoms with Crippen LogP contribution in [0.5, 0.6) is 11.5 Å². The fourth-order valence-corrected chi connectivity index (χ4v) is 6.05. The van der Waals surface area contributed by atoms with Gasteiger partial charge in [0.1, 0.15) is 17.0 Å². The first-order valence-electron chi connectivity index (χ1n) is 14.2. The van der Waals surface area contributed by atoms with Crippen molar-refractivity contribution in [2.75, 3.05) is 37.0 Å². The maximum absolute atomic E-state index is 16.9. The first-order valence-corrected chi connectivity index (χ1v) is 14.2. The van der Waals surface area contributed by atoms with Crippen molar-refractivity contribution >= 4 is 38.9 Å². The van der Waals surface area contributed by atoms with E-state index < -0.39 is 76.2 Å². The maximum atomic E-state index is 16.9. The number of nitrogens with one attached hydrogen (secondary N) is 4. The Bertz CT molecular complexity index is 2030. The second-order valence-electron chi connectivity index (χ2n) is 11.0. The van der Waals surface area contributed by atoms with Crippen LogP contribution in [0.25, 0.3) is 21.8 Å². The lowest BCUT2D eigenvalue weighted by Gasteiger charge is -2.36. The molecule has 0 radical (unpaired) electrons. The third-order valence-corrected chi connectivity index (χ3v) is 8.30. The number of anilines is 3. The number of benzene rings is 2. The summed E-state index contributed by atoms with van der Waals surface area (Å²) >= 11 is 0. The number of methoxy groups -OCH3 is 1. The summed E-state index contributed by atoms with van der Waals surface area (Å²) in [5, 5.41) is 21.6. The summed E-state index contributed by atoms with van der Waals surface area (Å²) in [4.78, 5) is 59.6. The first kappa shape index (κ1) is 30.3. The monoisotopic (exact) mass is 634 g/mol. The number of rotatable bonds is 9. The quantitative estimate of drug-likeness (QED) is 0.158. The zero-order valence-corrected chi connectivity index (χ0v) is 23.8. The molecule has 2 aromatic carbocycles. The lowest BCUT2D eigenvalue weighted by atomic mass is 9.91. The molecule has 1 aliphatic heterocycles. The van der Waals surface area contributed by atoms with Gasteiger partial charge in [-0.25, -0.2) is 14.0 Å². The van der Waals surface area contributed by atoms with Gasteiger partial charge < -0.3 is 34.9 Å². The van der Waals surface area contributed by atoms with Gasteiger partial charge in [-0.05, 0) is 43.7 Å². The number of hydrogen-bond acceptors (Lipinski definition) is 10. The van der Waals surface area contributed by atoms with E-state index in [1.54, 1.807) is 0 Å². The van der Waals surface area contributed by atoms with Gasteiger partial charge in [-0.3, -0.25) is 24.1 Å². The van der Waals surface area contributed by atoms with E-state index in [2.05, 4.69) is 20.3 Å². The lowest BCUT2D eigenvalue weighted by molar-refractivity contribution is -0.0489. The van der Waals surface area contributed by atoms with Gasteiger partial charge in [-0.1, -0.05) is 0 Å². The molecule has 2 aliphatic rings. The number of piperidine rings is 1. The molecule has 6 rings (SSSR count). The molecule has 2 aromatic heterocycles.